The number of carbonyl (C=O) groups excluding carboxylic acids is 1. The predicted octanol–water partition coefficient (Wildman–Crippen LogP) is 4.36. The SMILES string of the molecule is CN(C)CCCNS(=O)(=O)c1ccc(Nc2nccc(-c3ccc(NC(=O)Cc4cccs4)cc3)n2)cc1. The van der Waals surface area contributed by atoms with E-state index in [4.69, 9.17) is 0 Å². The first-order valence-electron chi connectivity index (χ1n) is 12.1. The first kappa shape index (κ1) is 27.4. The number of hydrogen-bond acceptors (Lipinski definition) is 8. The minimum Gasteiger partial charge on any atom is -0.326 e. The Bertz CT molecular complexity index is 1440. The van der Waals surface area contributed by atoms with E-state index in [1.54, 1.807) is 47.9 Å². The van der Waals surface area contributed by atoms with Crippen molar-refractivity contribution < 1.29 is 13.2 Å². The molecule has 0 bridgehead atoms. The van der Waals surface area contributed by atoms with Crippen molar-refractivity contribution in [2.75, 3.05) is 37.8 Å². The van der Waals surface area contributed by atoms with Gasteiger partial charge >= 0.3 is 0 Å². The molecule has 198 valence electrons. The molecule has 0 fully saturated rings. The molecule has 4 aromatic rings. The van der Waals surface area contributed by atoms with Crippen LogP contribution in [0.4, 0.5) is 17.3 Å². The quantitative estimate of drug-likeness (QED) is 0.225. The summed E-state index contributed by atoms with van der Waals surface area (Å²) in [7, 11) is 0.331. The van der Waals surface area contributed by atoms with E-state index in [0.717, 1.165) is 23.4 Å². The Morgan fingerprint density at radius 3 is 2.39 bits per heavy atom. The van der Waals surface area contributed by atoms with Crippen LogP contribution in [0, 0.1) is 0 Å². The van der Waals surface area contributed by atoms with E-state index in [1.807, 2.05) is 60.8 Å². The molecule has 2 aromatic heterocycles. The first-order valence-corrected chi connectivity index (χ1v) is 14.4. The standard InChI is InChI=1S/C27H30N6O3S2/c1-33(2)17-4-15-29-38(35,36)24-12-10-22(11-13-24)31-27-28-16-14-25(32-27)20-6-8-21(9-7-20)30-26(34)19-23-5-3-18-37-23/h3,5-14,16,18,29H,4,15,17,19H2,1-2H3,(H,30,34)(H,28,31,32). The van der Waals surface area contributed by atoms with Crippen molar-refractivity contribution >= 4 is 44.6 Å². The Kier molecular flexibility index (Phi) is 9.19. The van der Waals surface area contributed by atoms with Crippen LogP contribution in [-0.4, -0.2) is 56.4 Å². The zero-order valence-corrected chi connectivity index (χ0v) is 22.8. The van der Waals surface area contributed by atoms with E-state index < -0.39 is 10.0 Å². The summed E-state index contributed by atoms with van der Waals surface area (Å²) in [5.41, 5.74) is 2.95. The van der Waals surface area contributed by atoms with Gasteiger partial charge in [0.05, 0.1) is 17.0 Å². The first-order chi connectivity index (χ1) is 18.3. The molecule has 0 aliphatic carbocycles. The lowest BCUT2D eigenvalue weighted by Gasteiger charge is -2.11. The lowest BCUT2D eigenvalue weighted by atomic mass is 10.1. The molecular formula is C27H30N6O3S2. The average Bonchev–Trinajstić information content (AvgIpc) is 3.40. The van der Waals surface area contributed by atoms with Crippen LogP contribution in [0.3, 0.4) is 0 Å². The highest BCUT2D eigenvalue weighted by molar-refractivity contribution is 7.89. The lowest BCUT2D eigenvalue weighted by molar-refractivity contribution is -0.115. The Morgan fingerprint density at radius 1 is 0.974 bits per heavy atom. The normalized spacial score (nSPS) is 11.4. The number of thiophene rings is 1. The number of carbonyl (C=O) groups is 1. The highest BCUT2D eigenvalue weighted by Crippen LogP contribution is 2.22. The maximum Gasteiger partial charge on any atom is 0.240 e. The number of anilines is 3. The van der Waals surface area contributed by atoms with Gasteiger partial charge in [0.15, 0.2) is 0 Å². The summed E-state index contributed by atoms with van der Waals surface area (Å²) in [6.45, 7) is 1.19. The topological polar surface area (TPSA) is 116 Å². The second kappa shape index (κ2) is 12.7. The molecule has 0 saturated heterocycles. The minimum absolute atomic E-state index is 0.0624. The van der Waals surface area contributed by atoms with Crippen molar-refractivity contribution in [1.29, 1.82) is 0 Å². The van der Waals surface area contributed by atoms with Gasteiger partial charge in [-0.15, -0.1) is 11.3 Å². The molecular weight excluding hydrogens is 520 g/mol. The van der Waals surface area contributed by atoms with Gasteiger partial charge in [-0.3, -0.25) is 4.79 Å². The zero-order valence-electron chi connectivity index (χ0n) is 21.2. The van der Waals surface area contributed by atoms with Gasteiger partial charge in [-0.2, -0.15) is 0 Å². The summed E-state index contributed by atoms with van der Waals surface area (Å²) in [4.78, 5) is 24.3. The molecule has 0 aliphatic heterocycles. The number of benzene rings is 2. The monoisotopic (exact) mass is 550 g/mol. The number of nitrogens with one attached hydrogen (secondary N) is 3. The van der Waals surface area contributed by atoms with Gasteiger partial charge in [0, 0.05) is 34.6 Å². The summed E-state index contributed by atoms with van der Waals surface area (Å²) in [6.07, 6.45) is 2.73. The van der Waals surface area contributed by atoms with Crippen molar-refractivity contribution in [2.45, 2.75) is 17.7 Å². The third-order valence-corrected chi connectivity index (χ3v) is 7.88. The van der Waals surface area contributed by atoms with Crippen LogP contribution in [0.2, 0.25) is 0 Å². The van der Waals surface area contributed by atoms with Crippen LogP contribution in [0.5, 0.6) is 0 Å². The van der Waals surface area contributed by atoms with Crippen LogP contribution in [0.25, 0.3) is 11.3 Å². The lowest BCUT2D eigenvalue weighted by Crippen LogP contribution is -2.27. The molecule has 0 aliphatic rings. The summed E-state index contributed by atoms with van der Waals surface area (Å²) in [5.74, 6) is 0.320. The van der Waals surface area contributed by atoms with Crippen LogP contribution in [0.15, 0.2) is 83.2 Å². The fraction of sp³-hybridized carbons (Fsp3) is 0.222. The van der Waals surface area contributed by atoms with Crippen molar-refractivity contribution in [3.05, 3.63) is 83.2 Å². The van der Waals surface area contributed by atoms with Gasteiger partial charge in [0.25, 0.3) is 0 Å². The maximum absolute atomic E-state index is 12.5. The smallest absolute Gasteiger partial charge is 0.240 e. The molecule has 4 rings (SSSR count). The van der Waals surface area contributed by atoms with E-state index in [9.17, 15) is 13.2 Å². The third kappa shape index (κ3) is 7.93. The molecule has 11 heteroatoms. The van der Waals surface area contributed by atoms with Crippen LogP contribution in [-0.2, 0) is 21.2 Å². The van der Waals surface area contributed by atoms with Gasteiger partial charge in [0.1, 0.15) is 0 Å². The molecule has 38 heavy (non-hydrogen) atoms. The van der Waals surface area contributed by atoms with Crippen molar-refractivity contribution in [3.8, 4) is 11.3 Å². The van der Waals surface area contributed by atoms with Crippen molar-refractivity contribution in [1.82, 2.24) is 19.6 Å². The van der Waals surface area contributed by atoms with Gasteiger partial charge < -0.3 is 15.5 Å². The van der Waals surface area contributed by atoms with E-state index in [0.29, 0.717) is 36.0 Å². The van der Waals surface area contributed by atoms with Crippen LogP contribution in [0.1, 0.15) is 11.3 Å². The van der Waals surface area contributed by atoms with Crippen LogP contribution < -0.4 is 15.4 Å². The second-order valence-electron chi connectivity index (χ2n) is 8.85. The van der Waals surface area contributed by atoms with Gasteiger partial charge in [-0.05, 0) is 81.0 Å². The summed E-state index contributed by atoms with van der Waals surface area (Å²) < 4.78 is 27.6. The summed E-state index contributed by atoms with van der Waals surface area (Å²) >= 11 is 1.56. The average molecular weight is 551 g/mol. The molecule has 2 aromatic carbocycles. The van der Waals surface area contributed by atoms with Gasteiger partial charge in [-0.1, -0.05) is 18.2 Å². The summed E-state index contributed by atoms with van der Waals surface area (Å²) in [5, 5.41) is 7.98. The van der Waals surface area contributed by atoms with E-state index in [1.165, 1.54) is 0 Å². The molecule has 0 atom stereocenters. The number of hydrogen-bond donors (Lipinski definition) is 3. The van der Waals surface area contributed by atoms with E-state index >= 15 is 0 Å². The number of nitrogens with zero attached hydrogens (tertiary/aromatic N) is 3. The highest BCUT2D eigenvalue weighted by Gasteiger charge is 2.13. The van der Waals surface area contributed by atoms with Gasteiger partial charge in [-0.25, -0.2) is 23.1 Å². The molecule has 0 radical (unpaired) electrons. The molecule has 0 spiro atoms. The molecule has 0 unspecified atom stereocenters. The van der Waals surface area contributed by atoms with Crippen molar-refractivity contribution in [2.24, 2.45) is 0 Å². The molecule has 0 saturated carbocycles. The van der Waals surface area contributed by atoms with Crippen molar-refractivity contribution in [3.63, 3.8) is 0 Å². The van der Waals surface area contributed by atoms with Gasteiger partial charge in [0.2, 0.25) is 21.9 Å². The Labute approximate surface area is 227 Å². The fourth-order valence-corrected chi connectivity index (χ4v) is 5.39. The maximum atomic E-state index is 12.5. The molecule has 2 heterocycles. The highest BCUT2D eigenvalue weighted by atomic mass is 32.2. The van der Waals surface area contributed by atoms with Crippen LogP contribution >= 0.6 is 11.3 Å². The number of sulfonamides is 1. The van der Waals surface area contributed by atoms with E-state index in [-0.39, 0.29) is 10.8 Å². The fourth-order valence-electron chi connectivity index (χ4n) is 3.61. The molecule has 3 N–H and O–H groups in total. The third-order valence-electron chi connectivity index (χ3n) is 5.53. The summed E-state index contributed by atoms with van der Waals surface area (Å²) in [6, 6.07) is 19.6. The largest absolute Gasteiger partial charge is 0.326 e. The predicted molar refractivity (Wildman–Crippen MR) is 152 cm³/mol. The minimum atomic E-state index is -3.57. The Morgan fingerprint density at radius 2 is 1.71 bits per heavy atom. The second-order valence-corrected chi connectivity index (χ2v) is 11.7. The molecule has 9 nitrogen and oxygen atoms in total. The number of aromatic nitrogens is 2. The van der Waals surface area contributed by atoms with E-state index in [2.05, 4.69) is 25.3 Å². The Hall–Kier alpha value is -3.64. The molecule has 1 amide bonds. The Balaban J connectivity index is 1.35. The zero-order chi connectivity index (χ0) is 27.0. The number of amides is 1. The number of rotatable bonds is 12.